The molecule has 0 unspecified atom stereocenters. The van der Waals surface area contributed by atoms with E-state index in [0.29, 0.717) is 33.8 Å². The van der Waals surface area contributed by atoms with E-state index in [4.69, 9.17) is 14.2 Å². The van der Waals surface area contributed by atoms with Gasteiger partial charge in [0.1, 0.15) is 0 Å². The molecule has 4 aromatic rings. The number of thioether (sulfide) groups is 1. The Morgan fingerprint density at radius 2 is 1.58 bits per heavy atom. The molecule has 1 aromatic heterocycles. The molecule has 0 aliphatic carbocycles. The number of rotatable bonds is 10. The highest BCUT2D eigenvalue weighted by Crippen LogP contribution is 2.41. The number of carbonyl (C=O) groups excluding carboxylic acids is 1. The highest BCUT2D eigenvalue weighted by atomic mass is 32.2. The van der Waals surface area contributed by atoms with Crippen LogP contribution in [0.15, 0.2) is 83.1 Å². The summed E-state index contributed by atoms with van der Waals surface area (Å²) in [5, 5.41) is 13.4. The molecular formula is C26H25N5O4S. The van der Waals surface area contributed by atoms with Gasteiger partial charge in [0.25, 0.3) is 5.91 Å². The Morgan fingerprint density at radius 3 is 2.19 bits per heavy atom. The van der Waals surface area contributed by atoms with Gasteiger partial charge in [0.2, 0.25) is 5.75 Å². The number of nitrogens with zero attached hydrogens (tertiary/aromatic N) is 4. The van der Waals surface area contributed by atoms with Crippen molar-refractivity contribution < 1.29 is 19.0 Å². The van der Waals surface area contributed by atoms with Crippen LogP contribution in [0, 0.1) is 0 Å². The monoisotopic (exact) mass is 503 g/mol. The Bertz CT molecular complexity index is 1320. The third-order valence-electron chi connectivity index (χ3n) is 5.11. The first-order chi connectivity index (χ1) is 17.6. The molecule has 0 saturated heterocycles. The maximum atomic E-state index is 12.4. The van der Waals surface area contributed by atoms with Gasteiger partial charge >= 0.3 is 0 Å². The molecule has 9 nitrogen and oxygen atoms in total. The number of methoxy groups -OCH3 is 3. The summed E-state index contributed by atoms with van der Waals surface area (Å²) in [6, 6.07) is 22.8. The lowest BCUT2D eigenvalue weighted by atomic mass is 10.1. The second-order valence-corrected chi connectivity index (χ2v) is 8.33. The maximum absolute atomic E-state index is 12.4. The molecule has 0 saturated carbocycles. The third-order valence-corrected chi connectivity index (χ3v) is 6.03. The number of aromatic nitrogens is 3. The Kier molecular flexibility index (Phi) is 8.20. The summed E-state index contributed by atoms with van der Waals surface area (Å²) in [6.07, 6.45) is 1.59. The van der Waals surface area contributed by atoms with Crippen molar-refractivity contribution in [3.63, 3.8) is 0 Å². The zero-order chi connectivity index (χ0) is 25.3. The molecule has 0 aliphatic heterocycles. The van der Waals surface area contributed by atoms with Crippen LogP contribution < -0.4 is 19.6 Å². The number of hydrazone groups is 1. The van der Waals surface area contributed by atoms with E-state index < -0.39 is 0 Å². The summed E-state index contributed by atoms with van der Waals surface area (Å²) in [6.45, 7) is 0. The first-order valence-electron chi connectivity index (χ1n) is 11.0. The first kappa shape index (κ1) is 24.8. The van der Waals surface area contributed by atoms with Crippen molar-refractivity contribution in [1.82, 2.24) is 20.2 Å². The number of hydrogen-bond donors (Lipinski definition) is 1. The van der Waals surface area contributed by atoms with Crippen molar-refractivity contribution in [3.05, 3.63) is 78.4 Å². The van der Waals surface area contributed by atoms with Gasteiger partial charge in [0.15, 0.2) is 22.5 Å². The molecule has 184 valence electrons. The highest BCUT2D eigenvalue weighted by molar-refractivity contribution is 7.99. The fraction of sp³-hybridized carbons (Fsp3) is 0.154. The van der Waals surface area contributed by atoms with Gasteiger partial charge in [-0.1, -0.05) is 60.3 Å². The molecule has 3 aromatic carbocycles. The lowest BCUT2D eigenvalue weighted by molar-refractivity contribution is -0.118. The molecule has 0 atom stereocenters. The number of carbonyl (C=O) groups is 1. The lowest BCUT2D eigenvalue weighted by Crippen LogP contribution is -2.20. The zero-order valence-electron chi connectivity index (χ0n) is 20.0. The normalized spacial score (nSPS) is 10.9. The van der Waals surface area contributed by atoms with Crippen molar-refractivity contribution in [2.24, 2.45) is 5.10 Å². The van der Waals surface area contributed by atoms with Crippen LogP contribution >= 0.6 is 11.8 Å². The van der Waals surface area contributed by atoms with E-state index >= 15 is 0 Å². The van der Waals surface area contributed by atoms with Crippen molar-refractivity contribution in [2.45, 2.75) is 5.16 Å². The van der Waals surface area contributed by atoms with Crippen molar-refractivity contribution >= 4 is 23.9 Å². The SMILES string of the molecule is COc1cc(-c2nnc(SCC(=O)N/N=C/c3ccccc3)n2-c2ccccc2)cc(OC)c1OC. The van der Waals surface area contributed by atoms with E-state index in [-0.39, 0.29) is 11.7 Å². The van der Waals surface area contributed by atoms with Crippen LogP contribution in [-0.4, -0.2) is 54.0 Å². The topological polar surface area (TPSA) is 99.9 Å². The minimum absolute atomic E-state index is 0.104. The second kappa shape index (κ2) is 11.9. The predicted octanol–water partition coefficient (Wildman–Crippen LogP) is 4.20. The number of nitrogens with one attached hydrogen (secondary N) is 1. The molecule has 4 rings (SSSR count). The number of benzene rings is 3. The van der Waals surface area contributed by atoms with Crippen LogP contribution in [-0.2, 0) is 4.79 Å². The van der Waals surface area contributed by atoms with Gasteiger partial charge in [0.05, 0.1) is 33.3 Å². The Hall–Kier alpha value is -4.31. The van der Waals surface area contributed by atoms with Crippen LogP contribution in [0.5, 0.6) is 17.2 Å². The first-order valence-corrected chi connectivity index (χ1v) is 11.9. The fourth-order valence-electron chi connectivity index (χ4n) is 3.45. The van der Waals surface area contributed by atoms with Crippen LogP contribution in [0.2, 0.25) is 0 Å². The van der Waals surface area contributed by atoms with E-state index in [0.717, 1.165) is 11.3 Å². The zero-order valence-corrected chi connectivity index (χ0v) is 20.9. The largest absolute Gasteiger partial charge is 0.493 e. The van der Waals surface area contributed by atoms with E-state index in [2.05, 4.69) is 20.7 Å². The van der Waals surface area contributed by atoms with E-state index in [1.165, 1.54) is 11.8 Å². The molecule has 10 heteroatoms. The highest BCUT2D eigenvalue weighted by Gasteiger charge is 2.21. The maximum Gasteiger partial charge on any atom is 0.250 e. The van der Waals surface area contributed by atoms with Crippen molar-refractivity contribution in [1.29, 1.82) is 0 Å². The fourth-order valence-corrected chi connectivity index (χ4v) is 4.19. The molecule has 0 bridgehead atoms. The molecule has 1 heterocycles. The standard InChI is InChI=1S/C26H25N5O4S/c1-33-21-14-19(15-22(34-2)24(21)35-3)25-29-30-26(31(25)20-12-8-5-9-13-20)36-17-23(32)28-27-16-18-10-6-4-7-11-18/h4-16H,17H2,1-3H3,(H,28,32)/b27-16+. The molecule has 36 heavy (non-hydrogen) atoms. The predicted molar refractivity (Wildman–Crippen MR) is 139 cm³/mol. The molecular weight excluding hydrogens is 478 g/mol. The third kappa shape index (κ3) is 5.66. The smallest absolute Gasteiger partial charge is 0.250 e. The molecule has 0 radical (unpaired) electrons. The Labute approximate surface area is 213 Å². The summed E-state index contributed by atoms with van der Waals surface area (Å²) in [5.74, 6) is 1.89. The van der Waals surface area contributed by atoms with Gasteiger partial charge in [-0.3, -0.25) is 9.36 Å². The van der Waals surface area contributed by atoms with Gasteiger partial charge < -0.3 is 14.2 Å². The summed E-state index contributed by atoms with van der Waals surface area (Å²) in [5.41, 5.74) is 5.00. The van der Waals surface area contributed by atoms with E-state index in [1.54, 1.807) is 27.5 Å². The molecule has 0 fully saturated rings. The van der Waals surface area contributed by atoms with Crippen molar-refractivity contribution in [3.8, 4) is 34.3 Å². The van der Waals surface area contributed by atoms with Gasteiger partial charge in [0, 0.05) is 11.3 Å². The van der Waals surface area contributed by atoms with Gasteiger partial charge in [-0.05, 0) is 29.8 Å². The van der Waals surface area contributed by atoms with Crippen LogP contribution in [0.3, 0.4) is 0 Å². The van der Waals surface area contributed by atoms with Gasteiger partial charge in [-0.15, -0.1) is 10.2 Å². The minimum Gasteiger partial charge on any atom is -0.493 e. The average molecular weight is 504 g/mol. The Balaban J connectivity index is 1.61. The number of hydrogen-bond acceptors (Lipinski definition) is 8. The van der Waals surface area contributed by atoms with Crippen LogP contribution in [0.4, 0.5) is 0 Å². The van der Waals surface area contributed by atoms with Crippen LogP contribution in [0.1, 0.15) is 5.56 Å². The van der Waals surface area contributed by atoms with Gasteiger partial charge in [-0.2, -0.15) is 5.10 Å². The quantitative estimate of drug-likeness (QED) is 0.197. The summed E-state index contributed by atoms with van der Waals surface area (Å²) < 4.78 is 18.3. The molecule has 0 aliphatic rings. The number of para-hydroxylation sites is 1. The number of amides is 1. The van der Waals surface area contributed by atoms with Gasteiger partial charge in [-0.25, -0.2) is 5.43 Å². The summed E-state index contributed by atoms with van der Waals surface area (Å²) >= 11 is 1.26. The number of ether oxygens (including phenoxy) is 3. The molecule has 1 N–H and O–H groups in total. The van der Waals surface area contributed by atoms with E-state index in [9.17, 15) is 4.79 Å². The average Bonchev–Trinajstić information content (AvgIpc) is 3.36. The lowest BCUT2D eigenvalue weighted by Gasteiger charge is -2.15. The molecule has 0 spiro atoms. The minimum atomic E-state index is -0.260. The second-order valence-electron chi connectivity index (χ2n) is 7.38. The van der Waals surface area contributed by atoms with Crippen molar-refractivity contribution in [2.75, 3.05) is 27.1 Å². The summed E-state index contributed by atoms with van der Waals surface area (Å²) in [4.78, 5) is 12.4. The van der Waals surface area contributed by atoms with Crippen LogP contribution in [0.25, 0.3) is 17.1 Å². The molecule has 1 amide bonds. The summed E-state index contributed by atoms with van der Waals surface area (Å²) in [7, 11) is 4.67. The van der Waals surface area contributed by atoms with E-state index in [1.807, 2.05) is 77.4 Å². The Morgan fingerprint density at radius 1 is 0.944 bits per heavy atom.